The molecule has 0 aliphatic heterocycles. The first-order chi connectivity index (χ1) is 9.54. The van der Waals surface area contributed by atoms with Gasteiger partial charge in [-0.15, -0.1) is 0 Å². The summed E-state index contributed by atoms with van der Waals surface area (Å²) < 4.78 is 0. The molecule has 1 unspecified atom stereocenters. The van der Waals surface area contributed by atoms with Gasteiger partial charge in [0.1, 0.15) is 11.0 Å². The van der Waals surface area contributed by atoms with Crippen LogP contribution in [0.5, 0.6) is 0 Å². The topological polar surface area (TPSA) is 37.8 Å². The van der Waals surface area contributed by atoms with Crippen molar-refractivity contribution in [3.05, 3.63) is 41.6 Å². The van der Waals surface area contributed by atoms with Crippen LogP contribution in [0.1, 0.15) is 20.3 Å². The molecule has 1 saturated carbocycles. The third-order valence-corrected chi connectivity index (χ3v) is 4.17. The van der Waals surface area contributed by atoms with E-state index in [1.165, 1.54) is 6.42 Å². The smallest absolute Gasteiger partial charge is 0.163 e. The Kier molecular flexibility index (Phi) is 3.38. The fraction of sp³-hybridized carbons (Fsp3) is 0.375. The van der Waals surface area contributed by atoms with E-state index in [2.05, 4.69) is 29.1 Å². The SMILES string of the molecule is CC1(C)CC1CNc1cc(Cl)nc(-c2ccccc2)n1. The molecule has 1 aliphatic carbocycles. The number of nitrogens with zero attached hydrogens (tertiary/aromatic N) is 2. The van der Waals surface area contributed by atoms with Crippen LogP contribution in [0.15, 0.2) is 36.4 Å². The lowest BCUT2D eigenvalue weighted by molar-refractivity contribution is 0.573. The average Bonchev–Trinajstić information content (AvgIpc) is 3.04. The van der Waals surface area contributed by atoms with Gasteiger partial charge in [-0.2, -0.15) is 0 Å². The van der Waals surface area contributed by atoms with Crippen molar-refractivity contribution in [1.82, 2.24) is 9.97 Å². The first kappa shape index (κ1) is 13.4. The van der Waals surface area contributed by atoms with Gasteiger partial charge in [0.2, 0.25) is 0 Å². The molecule has 0 saturated heterocycles. The molecule has 1 fully saturated rings. The van der Waals surface area contributed by atoms with Gasteiger partial charge in [0.15, 0.2) is 5.82 Å². The van der Waals surface area contributed by atoms with Crippen LogP contribution in [-0.2, 0) is 0 Å². The maximum Gasteiger partial charge on any atom is 0.163 e. The maximum atomic E-state index is 6.10. The Balaban J connectivity index is 1.77. The summed E-state index contributed by atoms with van der Waals surface area (Å²) in [5.74, 6) is 2.18. The van der Waals surface area contributed by atoms with Gasteiger partial charge in [-0.3, -0.25) is 0 Å². The minimum Gasteiger partial charge on any atom is -0.370 e. The molecule has 4 heteroatoms. The van der Waals surface area contributed by atoms with Gasteiger partial charge in [0.25, 0.3) is 0 Å². The fourth-order valence-corrected chi connectivity index (χ4v) is 2.56. The second-order valence-corrected chi connectivity index (χ2v) is 6.42. The van der Waals surface area contributed by atoms with Gasteiger partial charge in [-0.1, -0.05) is 55.8 Å². The largest absolute Gasteiger partial charge is 0.370 e. The van der Waals surface area contributed by atoms with Gasteiger partial charge in [0.05, 0.1) is 0 Å². The highest BCUT2D eigenvalue weighted by molar-refractivity contribution is 6.29. The summed E-state index contributed by atoms with van der Waals surface area (Å²) in [4.78, 5) is 8.83. The summed E-state index contributed by atoms with van der Waals surface area (Å²) in [6.07, 6.45) is 1.27. The molecule has 1 N–H and O–H groups in total. The highest BCUT2D eigenvalue weighted by atomic mass is 35.5. The Labute approximate surface area is 124 Å². The quantitative estimate of drug-likeness (QED) is 0.854. The minimum absolute atomic E-state index is 0.464. The molecule has 3 nitrogen and oxygen atoms in total. The molecule has 2 aromatic rings. The number of aromatic nitrogens is 2. The zero-order valence-electron chi connectivity index (χ0n) is 11.7. The third-order valence-electron chi connectivity index (χ3n) is 3.97. The standard InChI is InChI=1S/C16H18ClN3/c1-16(2)9-12(16)10-18-14-8-13(17)19-15(20-14)11-6-4-3-5-7-11/h3-8,12H,9-10H2,1-2H3,(H,18,19,20). The Bertz CT molecular complexity index is 610. The van der Waals surface area contributed by atoms with Gasteiger partial charge in [-0.25, -0.2) is 9.97 Å². The molecule has 1 heterocycles. The van der Waals surface area contributed by atoms with Gasteiger partial charge in [0, 0.05) is 18.2 Å². The van der Waals surface area contributed by atoms with E-state index in [4.69, 9.17) is 11.6 Å². The summed E-state index contributed by atoms with van der Waals surface area (Å²) in [5.41, 5.74) is 1.44. The van der Waals surface area contributed by atoms with Crippen LogP contribution >= 0.6 is 11.6 Å². The fourth-order valence-electron chi connectivity index (χ4n) is 2.38. The molecule has 20 heavy (non-hydrogen) atoms. The second-order valence-electron chi connectivity index (χ2n) is 6.04. The number of rotatable bonds is 4. The highest BCUT2D eigenvalue weighted by Crippen LogP contribution is 2.51. The minimum atomic E-state index is 0.464. The predicted octanol–water partition coefficient (Wildman–Crippen LogP) is 4.26. The van der Waals surface area contributed by atoms with Crippen molar-refractivity contribution in [3.63, 3.8) is 0 Å². The Morgan fingerprint density at radius 3 is 2.60 bits per heavy atom. The molecule has 1 aromatic carbocycles. The molecule has 3 rings (SSSR count). The van der Waals surface area contributed by atoms with E-state index in [0.29, 0.717) is 16.4 Å². The van der Waals surface area contributed by atoms with E-state index in [1.54, 1.807) is 6.07 Å². The van der Waals surface area contributed by atoms with Crippen LogP contribution in [0, 0.1) is 11.3 Å². The van der Waals surface area contributed by atoms with Crippen LogP contribution in [0.3, 0.4) is 0 Å². The Morgan fingerprint density at radius 1 is 1.25 bits per heavy atom. The molecule has 104 valence electrons. The van der Waals surface area contributed by atoms with Crippen molar-refractivity contribution in [2.75, 3.05) is 11.9 Å². The van der Waals surface area contributed by atoms with E-state index in [0.717, 1.165) is 23.8 Å². The number of halogens is 1. The zero-order chi connectivity index (χ0) is 14.2. The summed E-state index contributed by atoms with van der Waals surface area (Å²) in [5, 5.41) is 3.85. The number of nitrogens with one attached hydrogen (secondary N) is 1. The lowest BCUT2D eigenvalue weighted by atomic mass is 10.1. The Hall–Kier alpha value is -1.61. The number of benzene rings is 1. The van der Waals surface area contributed by atoms with Gasteiger partial charge >= 0.3 is 0 Å². The van der Waals surface area contributed by atoms with Crippen LogP contribution in [0.2, 0.25) is 5.15 Å². The molecular formula is C16H18ClN3. The first-order valence-corrected chi connectivity index (χ1v) is 7.26. The van der Waals surface area contributed by atoms with Crippen LogP contribution in [0.25, 0.3) is 11.4 Å². The predicted molar refractivity (Wildman–Crippen MR) is 82.9 cm³/mol. The van der Waals surface area contributed by atoms with Crippen molar-refractivity contribution in [1.29, 1.82) is 0 Å². The number of anilines is 1. The number of hydrogen-bond acceptors (Lipinski definition) is 3. The van der Waals surface area contributed by atoms with Gasteiger partial charge in [-0.05, 0) is 17.8 Å². The van der Waals surface area contributed by atoms with E-state index in [1.807, 2.05) is 30.3 Å². The zero-order valence-corrected chi connectivity index (χ0v) is 12.5. The van der Waals surface area contributed by atoms with Crippen LogP contribution < -0.4 is 5.32 Å². The molecule has 0 radical (unpaired) electrons. The summed E-state index contributed by atoms with van der Waals surface area (Å²) in [7, 11) is 0. The van der Waals surface area contributed by atoms with E-state index in [9.17, 15) is 0 Å². The molecule has 0 amide bonds. The second kappa shape index (κ2) is 5.06. The third kappa shape index (κ3) is 2.93. The van der Waals surface area contributed by atoms with Gasteiger partial charge < -0.3 is 5.32 Å². The molecule has 0 spiro atoms. The van der Waals surface area contributed by atoms with E-state index in [-0.39, 0.29) is 0 Å². The maximum absolute atomic E-state index is 6.10. The number of hydrogen-bond donors (Lipinski definition) is 1. The lowest BCUT2D eigenvalue weighted by Crippen LogP contribution is -2.09. The summed E-state index contributed by atoms with van der Waals surface area (Å²) >= 11 is 6.10. The molecule has 1 atom stereocenters. The normalized spacial score (nSPS) is 19.6. The highest BCUT2D eigenvalue weighted by Gasteiger charge is 2.44. The van der Waals surface area contributed by atoms with Crippen LogP contribution in [-0.4, -0.2) is 16.5 Å². The summed E-state index contributed by atoms with van der Waals surface area (Å²) in [6.45, 7) is 5.53. The molecular weight excluding hydrogens is 270 g/mol. The van der Waals surface area contributed by atoms with E-state index < -0.39 is 0 Å². The van der Waals surface area contributed by atoms with Crippen molar-refractivity contribution in [2.45, 2.75) is 20.3 Å². The molecule has 1 aliphatic rings. The van der Waals surface area contributed by atoms with Crippen molar-refractivity contribution < 1.29 is 0 Å². The average molecular weight is 288 g/mol. The van der Waals surface area contributed by atoms with E-state index >= 15 is 0 Å². The molecule has 1 aromatic heterocycles. The van der Waals surface area contributed by atoms with Crippen molar-refractivity contribution in [3.8, 4) is 11.4 Å². The van der Waals surface area contributed by atoms with Crippen LogP contribution in [0.4, 0.5) is 5.82 Å². The molecule has 0 bridgehead atoms. The summed E-state index contributed by atoms with van der Waals surface area (Å²) in [6, 6.07) is 11.7. The van der Waals surface area contributed by atoms with Crippen molar-refractivity contribution in [2.24, 2.45) is 11.3 Å². The first-order valence-electron chi connectivity index (χ1n) is 6.88. The van der Waals surface area contributed by atoms with Crippen molar-refractivity contribution >= 4 is 17.4 Å². The lowest BCUT2D eigenvalue weighted by Gasteiger charge is -2.09. The Morgan fingerprint density at radius 2 is 1.95 bits per heavy atom. The monoisotopic (exact) mass is 287 g/mol.